The van der Waals surface area contributed by atoms with Crippen LogP contribution in [-0.4, -0.2) is 18.1 Å². The molecule has 1 N–H and O–H groups in total. The lowest BCUT2D eigenvalue weighted by atomic mass is 10.1. The first kappa shape index (κ1) is 15.9. The largest absolute Gasteiger partial charge is 0.478 e. The van der Waals surface area contributed by atoms with Crippen LogP contribution in [0, 0.1) is 0 Å². The maximum absolute atomic E-state index is 11.2. The van der Waals surface area contributed by atoms with Crippen molar-refractivity contribution in [2.45, 2.75) is 13.0 Å². The van der Waals surface area contributed by atoms with Crippen molar-refractivity contribution in [1.82, 2.24) is 0 Å². The average molecular weight is 369 g/mol. The number of carbonyl (C=O) groups is 1. The van der Waals surface area contributed by atoms with Crippen molar-refractivity contribution >= 4 is 39.2 Å². The number of hydrogen-bond donors (Lipinski definition) is 1. The van der Waals surface area contributed by atoms with Gasteiger partial charge < -0.3 is 10.0 Å². The van der Waals surface area contributed by atoms with Gasteiger partial charge in [0.05, 0.1) is 11.6 Å². The van der Waals surface area contributed by atoms with Crippen LogP contribution in [-0.2, 0) is 0 Å². The van der Waals surface area contributed by atoms with Gasteiger partial charge in [0.25, 0.3) is 0 Å². The molecule has 21 heavy (non-hydrogen) atoms. The average Bonchev–Trinajstić information content (AvgIpc) is 2.45. The van der Waals surface area contributed by atoms with E-state index in [1.54, 1.807) is 12.1 Å². The van der Waals surface area contributed by atoms with Crippen LogP contribution in [0.25, 0.3) is 0 Å². The molecule has 0 amide bonds. The first-order valence-corrected chi connectivity index (χ1v) is 7.58. The first-order valence-electron chi connectivity index (χ1n) is 6.40. The fraction of sp³-hybridized carbons (Fsp3) is 0.188. The number of anilines is 1. The molecule has 1 atom stereocenters. The van der Waals surface area contributed by atoms with E-state index in [1.165, 1.54) is 0 Å². The molecule has 0 fully saturated rings. The van der Waals surface area contributed by atoms with E-state index < -0.39 is 5.97 Å². The lowest BCUT2D eigenvalue weighted by Gasteiger charge is -2.28. The third-order valence-corrected chi connectivity index (χ3v) is 4.14. The summed E-state index contributed by atoms with van der Waals surface area (Å²) in [5.41, 5.74) is 2.15. The molecule has 110 valence electrons. The molecule has 0 heterocycles. The monoisotopic (exact) mass is 367 g/mol. The van der Waals surface area contributed by atoms with E-state index in [-0.39, 0.29) is 11.6 Å². The molecule has 0 aromatic heterocycles. The quantitative estimate of drug-likeness (QED) is 0.825. The maximum Gasteiger partial charge on any atom is 0.335 e. The molecular weight excluding hydrogens is 354 g/mol. The summed E-state index contributed by atoms with van der Waals surface area (Å²) >= 11 is 9.38. The summed E-state index contributed by atoms with van der Waals surface area (Å²) in [6.07, 6.45) is 0. The Bertz CT molecular complexity index is 675. The minimum absolute atomic E-state index is 0.0691. The van der Waals surface area contributed by atoms with Crippen LogP contribution in [0.15, 0.2) is 46.9 Å². The Labute approximate surface area is 137 Å². The highest BCUT2D eigenvalue weighted by Gasteiger charge is 2.15. The number of benzene rings is 2. The van der Waals surface area contributed by atoms with Gasteiger partial charge in [-0.25, -0.2) is 4.79 Å². The number of rotatable bonds is 4. The molecule has 0 radical (unpaired) electrons. The van der Waals surface area contributed by atoms with Gasteiger partial charge in [-0.1, -0.05) is 39.7 Å². The molecule has 0 spiro atoms. The highest BCUT2D eigenvalue weighted by atomic mass is 79.9. The van der Waals surface area contributed by atoms with E-state index in [0.29, 0.717) is 5.02 Å². The molecule has 2 aromatic carbocycles. The van der Waals surface area contributed by atoms with Crippen molar-refractivity contribution in [3.05, 3.63) is 63.1 Å². The topological polar surface area (TPSA) is 40.5 Å². The molecule has 5 heteroatoms. The Hall–Kier alpha value is -1.52. The Kier molecular flexibility index (Phi) is 4.91. The standard InChI is InChI=1S/C16H15BrClNO2/c1-10(11-4-3-5-14(18)7-11)19(2)15-8-12(16(20)21)6-13(17)9-15/h3-10H,1-2H3,(H,20,21). The summed E-state index contributed by atoms with van der Waals surface area (Å²) in [6.45, 7) is 2.05. The smallest absolute Gasteiger partial charge is 0.335 e. The van der Waals surface area contributed by atoms with Crippen molar-refractivity contribution in [3.8, 4) is 0 Å². The summed E-state index contributed by atoms with van der Waals surface area (Å²) < 4.78 is 0.738. The maximum atomic E-state index is 11.2. The zero-order valence-corrected chi connectivity index (χ0v) is 14.0. The third-order valence-electron chi connectivity index (χ3n) is 3.45. The molecule has 0 aliphatic rings. The van der Waals surface area contributed by atoms with Gasteiger partial charge in [-0.15, -0.1) is 0 Å². The molecule has 0 saturated carbocycles. The number of carboxylic acids is 1. The van der Waals surface area contributed by atoms with E-state index in [4.69, 9.17) is 16.7 Å². The zero-order valence-electron chi connectivity index (χ0n) is 11.7. The number of carboxylic acid groups (broad SMARTS) is 1. The highest BCUT2D eigenvalue weighted by molar-refractivity contribution is 9.10. The van der Waals surface area contributed by atoms with Crippen LogP contribution in [0.1, 0.15) is 28.9 Å². The van der Waals surface area contributed by atoms with Crippen molar-refractivity contribution in [3.63, 3.8) is 0 Å². The fourth-order valence-electron chi connectivity index (χ4n) is 2.11. The SMILES string of the molecule is CC(c1cccc(Cl)c1)N(C)c1cc(Br)cc(C(=O)O)c1. The minimum atomic E-state index is -0.943. The van der Waals surface area contributed by atoms with Gasteiger partial charge in [0, 0.05) is 22.2 Å². The number of hydrogen-bond acceptors (Lipinski definition) is 2. The van der Waals surface area contributed by atoms with Crippen LogP contribution < -0.4 is 4.90 Å². The Morgan fingerprint density at radius 2 is 2.00 bits per heavy atom. The minimum Gasteiger partial charge on any atom is -0.478 e. The van der Waals surface area contributed by atoms with Crippen molar-refractivity contribution in [2.24, 2.45) is 0 Å². The summed E-state index contributed by atoms with van der Waals surface area (Å²) in [5, 5.41) is 9.84. The number of nitrogens with zero attached hydrogens (tertiary/aromatic N) is 1. The zero-order chi connectivity index (χ0) is 15.6. The van der Waals surface area contributed by atoms with E-state index in [1.807, 2.05) is 49.2 Å². The summed E-state index contributed by atoms with van der Waals surface area (Å²) in [7, 11) is 1.93. The molecule has 0 aliphatic carbocycles. The van der Waals surface area contributed by atoms with Gasteiger partial charge in [-0.2, -0.15) is 0 Å². The third kappa shape index (κ3) is 3.77. The van der Waals surface area contributed by atoms with Crippen LogP contribution in [0.3, 0.4) is 0 Å². The van der Waals surface area contributed by atoms with Gasteiger partial charge >= 0.3 is 5.97 Å². The van der Waals surface area contributed by atoms with Crippen molar-refractivity contribution in [1.29, 1.82) is 0 Å². The Morgan fingerprint density at radius 3 is 2.62 bits per heavy atom. The van der Waals surface area contributed by atoms with Crippen molar-refractivity contribution in [2.75, 3.05) is 11.9 Å². The second-order valence-electron chi connectivity index (χ2n) is 4.85. The molecule has 0 bridgehead atoms. The van der Waals surface area contributed by atoms with E-state index in [0.717, 1.165) is 15.7 Å². The Morgan fingerprint density at radius 1 is 1.29 bits per heavy atom. The fourth-order valence-corrected chi connectivity index (χ4v) is 2.79. The van der Waals surface area contributed by atoms with Crippen LogP contribution in [0.5, 0.6) is 0 Å². The van der Waals surface area contributed by atoms with Gasteiger partial charge in [-0.05, 0) is 42.8 Å². The molecule has 0 aliphatic heterocycles. The van der Waals surface area contributed by atoms with E-state index in [2.05, 4.69) is 15.9 Å². The van der Waals surface area contributed by atoms with E-state index in [9.17, 15) is 4.79 Å². The van der Waals surface area contributed by atoms with Gasteiger partial charge in [0.2, 0.25) is 0 Å². The van der Waals surface area contributed by atoms with E-state index >= 15 is 0 Å². The number of halogens is 2. The normalized spacial score (nSPS) is 12.0. The summed E-state index contributed by atoms with van der Waals surface area (Å²) in [4.78, 5) is 13.2. The molecule has 0 saturated heterocycles. The van der Waals surface area contributed by atoms with Crippen LogP contribution in [0.4, 0.5) is 5.69 Å². The Balaban J connectivity index is 2.35. The number of aromatic carboxylic acids is 1. The molecule has 1 unspecified atom stereocenters. The van der Waals surface area contributed by atoms with Gasteiger partial charge in [0.15, 0.2) is 0 Å². The molecule has 3 nitrogen and oxygen atoms in total. The summed E-state index contributed by atoms with van der Waals surface area (Å²) in [6, 6.07) is 12.9. The summed E-state index contributed by atoms with van der Waals surface area (Å²) in [5.74, 6) is -0.943. The lowest BCUT2D eigenvalue weighted by Crippen LogP contribution is -2.22. The predicted molar refractivity (Wildman–Crippen MR) is 89.4 cm³/mol. The highest BCUT2D eigenvalue weighted by Crippen LogP contribution is 2.29. The molecular formula is C16H15BrClNO2. The van der Waals surface area contributed by atoms with Crippen molar-refractivity contribution < 1.29 is 9.90 Å². The molecule has 2 aromatic rings. The van der Waals surface area contributed by atoms with Gasteiger partial charge in [-0.3, -0.25) is 0 Å². The molecule has 2 rings (SSSR count). The first-order chi connectivity index (χ1) is 9.88. The second-order valence-corrected chi connectivity index (χ2v) is 6.20. The van der Waals surface area contributed by atoms with Crippen LogP contribution in [0.2, 0.25) is 5.02 Å². The predicted octanol–water partition coefficient (Wildman–Crippen LogP) is 5.00. The second kappa shape index (κ2) is 6.50. The van der Waals surface area contributed by atoms with Gasteiger partial charge in [0.1, 0.15) is 0 Å². The lowest BCUT2D eigenvalue weighted by molar-refractivity contribution is 0.0697. The van der Waals surface area contributed by atoms with Crippen LogP contribution >= 0.6 is 27.5 Å².